The summed E-state index contributed by atoms with van der Waals surface area (Å²) >= 11 is 5.59. The highest BCUT2D eigenvalue weighted by molar-refractivity contribution is 6.31. The van der Waals surface area contributed by atoms with Crippen LogP contribution in [0.15, 0.2) is 18.2 Å². The van der Waals surface area contributed by atoms with Crippen molar-refractivity contribution in [1.29, 1.82) is 0 Å². The van der Waals surface area contributed by atoms with Crippen LogP contribution in [-0.4, -0.2) is 37.7 Å². The van der Waals surface area contributed by atoms with E-state index in [2.05, 4.69) is 4.90 Å². The number of hydrogen-bond donors (Lipinski definition) is 0. The molecule has 0 bridgehead atoms. The van der Waals surface area contributed by atoms with Gasteiger partial charge in [-0.2, -0.15) is 13.2 Å². The Kier molecular flexibility index (Phi) is 5.29. The maximum absolute atomic E-state index is 12.7. The van der Waals surface area contributed by atoms with Gasteiger partial charge in [0.15, 0.2) is 0 Å². The van der Waals surface area contributed by atoms with Crippen molar-refractivity contribution in [3.63, 3.8) is 0 Å². The molecular formula is C14H17ClF3NO. The van der Waals surface area contributed by atoms with E-state index < -0.39 is 11.7 Å². The SMILES string of the molecule is FC(F)(F)c1cc(CCCN2CCOCC2)ccc1Cl. The lowest BCUT2D eigenvalue weighted by Crippen LogP contribution is -2.36. The lowest BCUT2D eigenvalue weighted by molar-refractivity contribution is -0.137. The molecule has 0 saturated carbocycles. The van der Waals surface area contributed by atoms with Gasteiger partial charge in [-0.25, -0.2) is 0 Å². The van der Waals surface area contributed by atoms with E-state index >= 15 is 0 Å². The summed E-state index contributed by atoms with van der Waals surface area (Å²) in [6.45, 7) is 4.15. The van der Waals surface area contributed by atoms with Crippen LogP contribution >= 0.6 is 11.6 Å². The van der Waals surface area contributed by atoms with Gasteiger partial charge in [0.2, 0.25) is 0 Å². The molecule has 112 valence electrons. The fourth-order valence-electron chi connectivity index (χ4n) is 2.28. The van der Waals surface area contributed by atoms with E-state index in [1.54, 1.807) is 6.07 Å². The summed E-state index contributed by atoms with van der Waals surface area (Å²) < 4.78 is 43.5. The van der Waals surface area contributed by atoms with Crippen LogP contribution in [0, 0.1) is 0 Å². The van der Waals surface area contributed by atoms with E-state index in [4.69, 9.17) is 16.3 Å². The second-order valence-corrected chi connectivity index (χ2v) is 5.28. The topological polar surface area (TPSA) is 12.5 Å². The average molecular weight is 308 g/mol. The number of ether oxygens (including phenoxy) is 1. The number of hydrogen-bond acceptors (Lipinski definition) is 2. The molecule has 1 aromatic carbocycles. The fourth-order valence-corrected chi connectivity index (χ4v) is 2.50. The second-order valence-electron chi connectivity index (χ2n) is 4.87. The maximum Gasteiger partial charge on any atom is 0.417 e. The lowest BCUT2D eigenvalue weighted by Gasteiger charge is -2.26. The van der Waals surface area contributed by atoms with Gasteiger partial charge in [-0.05, 0) is 37.1 Å². The molecule has 2 rings (SSSR count). The Bertz CT molecular complexity index is 445. The smallest absolute Gasteiger partial charge is 0.379 e. The van der Waals surface area contributed by atoms with Crippen molar-refractivity contribution in [1.82, 2.24) is 4.90 Å². The van der Waals surface area contributed by atoms with E-state index in [1.165, 1.54) is 6.07 Å². The second kappa shape index (κ2) is 6.78. The number of morpholine rings is 1. The summed E-state index contributed by atoms with van der Waals surface area (Å²) in [5.74, 6) is 0. The molecule has 0 atom stereocenters. The van der Waals surface area contributed by atoms with Crippen molar-refractivity contribution in [2.45, 2.75) is 19.0 Å². The molecule has 1 aliphatic rings. The first-order valence-corrected chi connectivity index (χ1v) is 7.00. The minimum absolute atomic E-state index is 0.241. The zero-order valence-corrected chi connectivity index (χ0v) is 11.8. The number of rotatable bonds is 4. The zero-order valence-electron chi connectivity index (χ0n) is 11.0. The molecule has 1 saturated heterocycles. The Labute approximate surface area is 121 Å². The molecule has 1 aromatic rings. The van der Waals surface area contributed by atoms with Crippen molar-refractivity contribution >= 4 is 11.6 Å². The first-order chi connectivity index (χ1) is 9.47. The number of alkyl halides is 3. The van der Waals surface area contributed by atoms with E-state index in [-0.39, 0.29) is 5.02 Å². The van der Waals surface area contributed by atoms with Gasteiger partial charge in [0.25, 0.3) is 0 Å². The van der Waals surface area contributed by atoms with Gasteiger partial charge in [0.05, 0.1) is 23.8 Å². The zero-order chi connectivity index (χ0) is 14.6. The first kappa shape index (κ1) is 15.6. The Morgan fingerprint density at radius 3 is 2.55 bits per heavy atom. The standard InChI is InChI=1S/C14H17ClF3NO/c15-13-4-3-11(10-12(13)14(16,17)18)2-1-5-19-6-8-20-9-7-19/h3-4,10H,1-2,5-9H2. The quantitative estimate of drug-likeness (QED) is 0.842. The van der Waals surface area contributed by atoms with E-state index in [1.807, 2.05) is 0 Å². The van der Waals surface area contributed by atoms with Crippen LogP contribution in [0.2, 0.25) is 5.02 Å². The molecule has 0 spiro atoms. The fraction of sp³-hybridized carbons (Fsp3) is 0.571. The highest BCUT2D eigenvalue weighted by Crippen LogP contribution is 2.35. The van der Waals surface area contributed by atoms with Gasteiger partial charge in [-0.15, -0.1) is 0 Å². The summed E-state index contributed by atoms with van der Waals surface area (Å²) in [7, 11) is 0. The van der Waals surface area contributed by atoms with Crippen LogP contribution in [0.4, 0.5) is 13.2 Å². The van der Waals surface area contributed by atoms with E-state index in [0.717, 1.165) is 45.3 Å². The maximum atomic E-state index is 12.7. The van der Waals surface area contributed by atoms with Gasteiger partial charge < -0.3 is 4.74 Å². The van der Waals surface area contributed by atoms with Gasteiger partial charge in [0, 0.05) is 13.1 Å². The Balaban J connectivity index is 1.89. The minimum Gasteiger partial charge on any atom is -0.379 e. The molecule has 1 aliphatic heterocycles. The Morgan fingerprint density at radius 2 is 1.90 bits per heavy atom. The normalized spacial score (nSPS) is 17.4. The highest BCUT2D eigenvalue weighted by Gasteiger charge is 2.33. The summed E-state index contributed by atoms with van der Waals surface area (Å²) in [6.07, 6.45) is -2.94. The van der Waals surface area contributed by atoms with Crippen LogP contribution in [0.5, 0.6) is 0 Å². The molecule has 6 heteroatoms. The van der Waals surface area contributed by atoms with Crippen molar-refractivity contribution in [3.8, 4) is 0 Å². The predicted molar refractivity (Wildman–Crippen MR) is 72.0 cm³/mol. The summed E-state index contributed by atoms with van der Waals surface area (Å²) in [5, 5.41) is -0.241. The van der Waals surface area contributed by atoms with Gasteiger partial charge in [0.1, 0.15) is 0 Å². The van der Waals surface area contributed by atoms with Crippen molar-refractivity contribution in [3.05, 3.63) is 34.3 Å². The summed E-state index contributed by atoms with van der Waals surface area (Å²) in [6, 6.07) is 4.15. The molecule has 0 aromatic heterocycles. The first-order valence-electron chi connectivity index (χ1n) is 6.62. The van der Waals surface area contributed by atoms with E-state index in [9.17, 15) is 13.2 Å². The minimum atomic E-state index is -4.39. The molecule has 20 heavy (non-hydrogen) atoms. The molecular weight excluding hydrogens is 291 g/mol. The monoisotopic (exact) mass is 307 g/mol. The van der Waals surface area contributed by atoms with Gasteiger partial charge in [-0.1, -0.05) is 17.7 Å². The van der Waals surface area contributed by atoms with Crippen molar-refractivity contribution in [2.24, 2.45) is 0 Å². The van der Waals surface area contributed by atoms with Crippen molar-refractivity contribution < 1.29 is 17.9 Å². The molecule has 0 amide bonds. The average Bonchev–Trinajstić information content (AvgIpc) is 2.40. The predicted octanol–water partition coefficient (Wildman–Crippen LogP) is 3.62. The van der Waals surface area contributed by atoms with Crippen molar-refractivity contribution in [2.75, 3.05) is 32.8 Å². The van der Waals surface area contributed by atoms with E-state index in [0.29, 0.717) is 12.0 Å². The molecule has 0 aliphatic carbocycles. The number of nitrogens with zero attached hydrogens (tertiary/aromatic N) is 1. The van der Waals surface area contributed by atoms with Crippen LogP contribution in [-0.2, 0) is 17.3 Å². The molecule has 0 N–H and O–H groups in total. The summed E-state index contributed by atoms with van der Waals surface area (Å²) in [4.78, 5) is 2.27. The molecule has 1 fully saturated rings. The van der Waals surface area contributed by atoms with Crippen LogP contribution < -0.4 is 0 Å². The lowest BCUT2D eigenvalue weighted by atomic mass is 10.1. The third-order valence-corrected chi connectivity index (χ3v) is 3.71. The number of aryl methyl sites for hydroxylation is 1. The molecule has 0 radical (unpaired) electrons. The highest BCUT2D eigenvalue weighted by atomic mass is 35.5. The van der Waals surface area contributed by atoms with Crippen LogP contribution in [0.25, 0.3) is 0 Å². The molecule has 0 unspecified atom stereocenters. The Morgan fingerprint density at radius 1 is 1.20 bits per heavy atom. The van der Waals surface area contributed by atoms with Gasteiger partial charge >= 0.3 is 6.18 Å². The van der Waals surface area contributed by atoms with Gasteiger partial charge in [-0.3, -0.25) is 4.90 Å². The third-order valence-electron chi connectivity index (χ3n) is 3.38. The number of halogens is 4. The summed E-state index contributed by atoms with van der Waals surface area (Å²) in [5.41, 5.74) is -0.0713. The largest absolute Gasteiger partial charge is 0.417 e. The third kappa shape index (κ3) is 4.36. The Hall–Kier alpha value is -0.780. The number of benzene rings is 1. The van der Waals surface area contributed by atoms with Crippen LogP contribution in [0.1, 0.15) is 17.5 Å². The molecule has 1 heterocycles. The molecule has 2 nitrogen and oxygen atoms in total. The van der Waals surface area contributed by atoms with Crippen LogP contribution in [0.3, 0.4) is 0 Å².